The topological polar surface area (TPSA) is 35.2 Å². The summed E-state index contributed by atoms with van der Waals surface area (Å²) in [6.07, 6.45) is 2.05. The first kappa shape index (κ1) is 13.2. The summed E-state index contributed by atoms with van der Waals surface area (Å²) < 4.78 is 5.57. The molecule has 2 aromatic rings. The molecule has 0 radical (unpaired) electrons. The molecule has 2 N–H and O–H groups in total. The van der Waals surface area contributed by atoms with Crippen molar-refractivity contribution >= 4 is 0 Å². The van der Waals surface area contributed by atoms with Gasteiger partial charge in [-0.3, -0.25) is 0 Å². The van der Waals surface area contributed by atoms with Gasteiger partial charge in [0.15, 0.2) is 0 Å². The maximum absolute atomic E-state index is 5.83. The maximum atomic E-state index is 5.83. The summed E-state index contributed by atoms with van der Waals surface area (Å²) in [6.45, 7) is 2.90. The summed E-state index contributed by atoms with van der Waals surface area (Å²) in [5, 5.41) is 0. The Hall–Kier alpha value is -1.80. The largest absolute Gasteiger partial charge is 0.496 e. The van der Waals surface area contributed by atoms with E-state index >= 15 is 0 Å². The minimum atomic E-state index is 0.409. The highest BCUT2D eigenvalue weighted by molar-refractivity contribution is 5.83. The third kappa shape index (κ3) is 1.92. The smallest absolute Gasteiger partial charge is 0.126 e. The molecule has 1 atom stereocenters. The zero-order chi connectivity index (χ0) is 14.1. The zero-order valence-corrected chi connectivity index (χ0v) is 12.1. The van der Waals surface area contributed by atoms with Crippen molar-refractivity contribution in [3.8, 4) is 16.9 Å². The van der Waals surface area contributed by atoms with Gasteiger partial charge in [0.2, 0.25) is 0 Å². The minimum Gasteiger partial charge on any atom is -0.496 e. The van der Waals surface area contributed by atoms with E-state index in [9.17, 15) is 0 Å². The lowest BCUT2D eigenvalue weighted by Gasteiger charge is -2.13. The van der Waals surface area contributed by atoms with Crippen LogP contribution in [0.25, 0.3) is 11.1 Å². The van der Waals surface area contributed by atoms with Gasteiger partial charge in [0.05, 0.1) is 7.11 Å². The zero-order valence-electron chi connectivity index (χ0n) is 12.1. The van der Waals surface area contributed by atoms with E-state index in [1.165, 1.54) is 27.8 Å². The standard InChI is InChI=1S/C18H21NO/c1-3-12-7-8-15-16(11-12)13(9-10-19)14-5-4-6-17(20-2)18(14)15/h4-8,11,13H,3,9-10,19H2,1-2H3. The van der Waals surface area contributed by atoms with E-state index in [2.05, 4.69) is 37.3 Å². The van der Waals surface area contributed by atoms with E-state index in [0.29, 0.717) is 12.5 Å². The Morgan fingerprint density at radius 1 is 1.15 bits per heavy atom. The summed E-state index contributed by atoms with van der Waals surface area (Å²) in [4.78, 5) is 0. The van der Waals surface area contributed by atoms with E-state index in [-0.39, 0.29) is 0 Å². The van der Waals surface area contributed by atoms with Crippen LogP contribution < -0.4 is 10.5 Å². The molecule has 1 aliphatic rings. The molecule has 0 fully saturated rings. The number of rotatable bonds is 4. The van der Waals surface area contributed by atoms with Crippen LogP contribution in [-0.2, 0) is 6.42 Å². The highest BCUT2D eigenvalue weighted by Gasteiger charge is 2.30. The van der Waals surface area contributed by atoms with E-state index in [1.807, 2.05) is 6.07 Å². The molecule has 0 bridgehead atoms. The summed E-state index contributed by atoms with van der Waals surface area (Å²) >= 11 is 0. The first-order valence-corrected chi connectivity index (χ1v) is 7.30. The highest BCUT2D eigenvalue weighted by Crippen LogP contribution is 2.50. The lowest BCUT2D eigenvalue weighted by molar-refractivity contribution is 0.416. The molecule has 104 valence electrons. The fourth-order valence-corrected chi connectivity index (χ4v) is 3.29. The minimum absolute atomic E-state index is 0.409. The average molecular weight is 267 g/mol. The predicted octanol–water partition coefficient (Wildman–Crippen LogP) is 3.72. The van der Waals surface area contributed by atoms with E-state index in [0.717, 1.165) is 18.6 Å². The fourth-order valence-electron chi connectivity index (χ4n) is 3.29. The van der Waals surface area contributed by atoms with Crippen LogP contribution in [0, 0.1) is 0 Å². The molecule has 1 aliphatic carbocycles. The molecular weight excluding hydrogens is 246 g/mol. The van der Waals surface area contributed by atoms with Gasteiger partial charge >= 0.3 is 0 Å². The van der Waals surface area contributed by atoms with Gasteiger partial charge in [-0.25, -0.2) is 0 Å². The van der Waals surface area contributed by atoms with Crippen molar-refractivity contribution in [3.05, 3.63) is 53.1 Å². The summed E-state index contributed by atoms with van der Waals surface area (Å²) in [6, 6.07) is 13.1. The van der Waals surface area contributed by atoms with Crippen LogP contribution in [0.15, 0.2) is 36.4 Å². The van der Waals surface area contributed by atoms with Gasteiger partial charge in [-0.2, -0.15) is 0 Å². The van der Waals surface area contributed by atoms with E-state index in [4.69, 9.17) is 10.5 Å². The van der Waals surface area contributed by atoms with Crippen LogP contribution in [0.5, 0.6) is 5.75 Å². The van der Waals surface area contributed by atoms with Crippen LogP contribution in [0.2, 0.25) is 0 Å². The van der Waals surface area contributed by atoms with Crippen LogP contribution in [0.4, 0.5) is 0 Å². The summed E-state index contributed by atoms with van der Waals surface area (Å²) in [5.41, 5.74) is 12.6. The van der Waals surface area contributed by atoms with E-state index < -0.39 is 0 Å². The first-order valence-electron chi connectivity index (χ1n) is 7.30. The molecule has 0 saturated carbocycles. The molecule has 2 nitrogen and oxygen atoms in total. The summed E-state index contributed by atoms with van der Waals surface area (Å²) in [7, 11) is 1.74. The van der Waals surface area contributed by atoms with Gasteiger partial charge in [0, 0.05) is 11.5 Å². The third-order valence-corrected chi connectivity index (χ3v) is 4.28. The number of ether oxygens (including phenoxy) is 1. The number of fused-ring (bicyclic) bond motifs is 3. The van der Waals surface area contributed by atoms with Crippen molar-refractivity contribution in [1.82, 2.24) is 0 Å². The van der Waals surface area contributed by atoms with Gasteiger partial charge in [0.1, 0.15) is 5.75 Å². The Morgan fingerprint density at radius 3 is 2.70 bits per heavy atom. The molecule has 2 heteroatoms. The molecule has 2 aromatic carbocycles. The number of hydrogen-bond acceptors (Lipinski definition) is 2. The van der Waals surface area contributed by atoms with Crippen LogP contribution in [-0.4, -0.2) is 13.7 Å². The van der Waals surface area contributed by atoms with Crippen molar-refractivity contribution in [1.29, 1.82) is 0 Å². The number of methoxy groups -OCH3 is 1. The van der Waals surface area contributed by atoms with Crippen molar-refractivity contribution in [2.24, 2.45) is 5.73 Å². The Balaban J connectivity index is 2.23. The average Bonchev–Trinajstić information content (AvgIpc) is 2.81. The lowest BCUT2D eigenvalue weighted by atomic mass is 9.92. The third-order valence-electron chi connectivity index (χ3n) is 4.28. The number of aryl methyl sites for hydroxylation is 1. The Bertz CT molecular complexity index is 633. The van der Waals surface area contributed by atoms with Crippen molar-refractivity contribution in [2.45, 2.75) is 25.7 Å². The maximum Gasteiger partial charge on any atom is 0.126 e. The SMILES string of the molecule is CCc1ccc2c(c1)C(CCN)c1cccc(OC)c1-2. The number of nitrogens with two attached hydrogens (primary N) is 1. The second-order valence-electron chi connectivity index (χ2n) is 5.33. The fraction of sp³-hybridized carbons (Fsp3) is 0.333. The molecule has 0 heterocycles. The summed E-state index contributed by atoms with van der Waals surface area (Å²) in [5.74, 6) is 1.37. The van der Waals surface area contributed by atoms with Crippen LogP contribution in [0.1, 0.15) is 36.0 Å². The van der Waals surface area contributed by atoms with Gasteiger partial charge < -0.3 is 10.5 Å². The van der Waals surface area contributed by atoms with Gasteiger partial charge in [-0.1, -0.05) is 37.3 Å². The normalized spacial score (nSPS) is 15.8. The van der Waals surface area contributed by atoms with Crippen molar-refractivity contribution in [2.75, 3.05) is 13.7 Å². The van der Waals surface area contributed by atoms with Gasteiger partial charge in [-0.05, 0) is 47.7 Å². The molecule has 0 saturated heterocycles. The van der Waals surface area contributed by atoms with Gasteiger partial charge in [0.25, 0.3) is 0 Å². The molecule has 1 unspecified atom stereocenters. The number of benzene rings is 2. The lowest BCUT2D eigenvalue weighted by Crippen LogP contribution is -2.06. The van der Waals surface area contributed by atoms with Crippen LogP contribution >= 0.6 is 0 Å². The second kappa shape index (κ2) is 5.29. The second-order valence-corrected chi connectivity index (χ2v) is 5.33. The molecule has 0 aliphatic heterocycles. The van der Waals surface area contributed by atoms with Crippen molar-refractivity contribution in [3.63, 3.8) is 0 Å². The Labute approximate surface area is 120 Å². The highest BCUT2D eigenvalue weighted by atomic mass is 16.5. The Kier molecular flexibility index (Phi) is 3.49. The van der Waals surface area contributed by atoms with Crippen molar-refractivity contribution < 1.29 is 4.74 Å². The quantitative estimate of drug-likeness (QED) is 0.916. The molecule has 0 aromatic heterocycles. The molecular formula is C18H21NO. The van der Waals surface area contributed by atoms with E-state index in [1.54, 1.807) is 7.11 Å². The monoisotopic (exact) mass is 267 g/mol. The molecule has 3 rings (SSSR count). The number of hydrogen-bond donors (Lipinski definition) is 1. The molecule has 0 spiro atoms. The Morgan fingerprint density at radius 2 is 2.00 bits per heavy atom. The van der Waals surface area contributed by atoms with Gasteiger partial charge in [-0.15, -0.1) is 0 Å². The molecule has 20 heavy (non-hydrogen) atoms. The molecule has 0 amide bonds. The predicted molar refractivity (Wildman–Crippen MR) is 83.3 cm³/mol. The van der Waals surface area contributed by atoms with Crippen LogP contribution in [0.3, 0.4) is 0 Å². The first-order chi connectivity index (χ1) is 9.80.